The van der Waals surface area contributed by atoms with Crippen LogP contribution in [-0.4, -0.2) is 27.8 Å². The van der Waals surface area contributed by atoms with Gasteiger partial charge in [-0.25, -0.2) is 0 Å². The van der Waals surface area contributed by atoms with Crippen LogP contribution in [0.3, 0.4) is 0 Å². The second-order valence-corrected chi connectivity index (χ2v) is 8.83. The summed E-state index contributed by atoms with van der Waals surface area (Å²) in [7, 11) is 0. The molecule has 0 spiro atoms. The van der Waals surface area contributed by atoms with Gasteiger partial charge < -0.3 is 5.32 Å². The van der Waals surface area contributed by atoms with Crippen LogP contribution in [0.1, 0.15) is 15.9 Å². The van der Waals surface area contributed by atoms with Gasteiger partial charge in [-0.15, -0.1) is 10.2 Å². The van der Waals surface area contributed by atoms with Gasteiger partial charge in [0.15, 0.2) is 4.34 Å². The van der Waals surface area contributed by atoms with Crippen LogP contribution in [-0.2, 0) is 11.0 Å². The van der Waals surface area contributed by atoms with Crippen molar-refractivity contribution in [2.45, 2.75) is 10.5 Å². The fraction of sp³-hybridized carbons (Fsp3) is 0.111. The number of nitrogens with zero attached hydrogens (tertiary/aromatic N) is 2. The molecule has 6 nitrogen and oxygen atoms in total. The van der Waals surface area contributed by atoms with E-state index in [1.165, 1.54) is 12.1 Å². The maximum Gasteiger partial charge on any atom is 0.417 e. The molecule has 0 bridgehead atoms. The SMILES string of the molecule is O=C(CSc1nnc(NC(=O)c2ccccc2C(F)(F)F)s1)Nc1ccc(Br)cc1. The zero-order valence-corrected chi connectivity index (χ0v) is 18.1. The monoisotopic (exact) mass is 516 g/mol. The molecule has 2 N–H and O–H groups in total. The van der Waals surface area contributed by atoms with Crippen LogP contribution >= 0.6 is 39.0 Å². The summed E-state index contributed by atoms with van der Waals surface area (Å²) < 4.78 is 40.4. The first kappa shape index (κ1) is 22.2. The molecule has 3 rings (SSSR count). The van der Waals surface area contributed by atoms with Gasteiger partial charge in [-0.1, -0.05) is 51.2 Å². The quantitative estimate of drug-likeness (QED) is 0.343. The highest BCUT2D eigenvalue weighted by molar-refractivity contribution is 9.10. The Kier molecular flexibility index (Phi) is 7.10. The van der Waals surface area contributed by atoms with E-state index < -0.39 is 23.2 Å². The van der Waals surface area contributed by atoms with E-state index in [0.717, 1.165) is 39.7 Å². The molecule has 1 aromatic heterocycles. The van der Waals surface area contributed by atoms with Gasteiger partial charge in [0.25, 0.3) is 5.91 Å². The Morgan fingerprint density at radius 2 is 1.73 bits per heavy atom. The standard InChI is InChI=1S/C18H12BrF3N4O2S2/c19-10-5-7-11(8-6-10)23-14(27)9-29-17-26-25-16(30-17)24-15(28)12-3-1-2-4-13(12)18(20,21)22/h1-8H,9H2,(H,23,27)(H,24,25,28). The van der Waals surface area contributed by atoms with Gasteiger partial charge in [0.05, 0.1) is 16.9 Å². The molecule has 0 aliphatic carbocycles. The first-order valence-corrected chi connectivity index (χ1v) is 10.8. The Balaban J connectivity index is 1.57. The molecule has 1 heterocycles. The van der Waals surface area contributed by atoms with E-state index in [4.69, 9.17) is 0 Å². The smallest absolute Gasteiger partial charge is 0.325 e. The zero-order valence-electron chi connectivity index (χ0n) is 14.9. The summed E-state index contributed by atoms with van der Waals surface area (Å²) in [5.74, 6) is -1.15. The van der Waals surface area contributed by atoms with E-state index in [2.05, 4.69) is 36.8 Å². The molecule has 3 aromatic rings. The summed E-state index contributed by atoms with van der Waals surface area (Å²) in [6, 6.07) is 11.5. The summed E-state index contributed by atoms with van der Waals surface area (Å²) in [6.45, 7) is 0. The number of hydrogen-bond donors (Lipinski definition) is 2. The number of alkyl halides is 3. The minimum Gasteiger partial charge on any atom is -0.325 e. The second-order valence-electron chi connectivity index (χ2n) is 5.71. The third-order valence-corrected chi connectivity index (χ3v) is 6.06. The lowest BCUT2D eigenvalue weighted by Crippen LogP contribution is -2.18. The van der Waals surface area contributed by atoms with Crippen LogP contribution in [0.25, 0.3) is 0 Å². The van der Waals surface area contributed by atoms with Crippen molar-refractivity contribution in [3.8, 4) is 0 Å². The van der Waals surface area contributed by atoms with Crippen molar-refractivity contribution in [3.05, 3.63) is 64.1 Å². The number of thioether (sulfide) groups is 1. The van der Waals surface area contributed by atoms with Crippen molar-refractivity contribution < 1.29 is 22.8 Å². The lowest BCUT2D eigenvalue weighted by atomic mass is 10.1. The van der Waals surface area contributed by atoms with E-state index in [-0.39, 0.29) is 16.8 Å². The third kappa shape index (κ3) is 6.03. The van der Waals surface area contributed by atoms with Gasteiger partial charge in [-0.2, -0.15) is 13.2 Å². The predicted octanol–water partition coefficient (Wildman–Crippen LogP) is 5.30. The molecule has 0 saturated heterocycles. The Morgan fingerprint density at radius 1 is 1.03 bits per heavy atom. The Bertz CT molecular complexity index is 1060. The van der Waals surface area contributed by atoms with Crippen molar-refractivity contribution in [2.24, 2.45) is 0 Å². The fourth-order valence-electron chi connectivity index (χ4n) is 2.27. The first-order valence-electron chi connectivity index (χ1n) is 8.21. The Hall–Kier alpha value is -2.44. The number of amides is 2. The summed E-state index contributed by atoms with van der Waals surface area (Å²) in [5, 5.41) is 12.6. The molecule has 156 valence electrons. The average molecular weight is 517 g/mol. The Morgan fingerprint density at radius 3 is 2.43 bits per heavy atom. The fourth-order valence-corrected chi connectivity index (χ4v) is 4.08. The lowest BCUT2D eigenvalue weighted by molar-refractivity contribution is -0.137. The number of nitrogens with one attached hydrogen (secondary N) is 2. The normalized spacial score (nSPS) is 11.2. The van der Waals surface area contributed by atoms with Crippen molar-refractivity contribution in [3.63, 3.8) is 0 Å². The molecule has 12 heteroatoms. The lowest BCUT2D eigenvalue weighted by Gasteiger charge is -2.11. The number of rotatable bonds is 6. The van der Waals surface area contributed by atoms with Crippen LogP contribution in [0.15, 0.2) is 57.3 Å². The minimum atomic E-state index is -4.65. The number of halogens is 4. The number of hydrogen-bond acceptors (Lipinski definition) is 6. The van der Waals surface area contributed by atoms with Gasteiger partial charge in [0.1, 0.15) is 0 Å². The molecule has 0 fully saturated rings. The highest BCUT2D eigenvalue weighted by atomic mass is 79.9. The molecule has 0 aliphatic rings. The van der Waals surface area contributed by atoms with E-state index in [1.807, 2.05) is 0 Å². The molecule has 0 aliphatic heterocycles. The highest BCUT2D eigenvalue weighted by Crippen LogP contribution is 2.32. The van der Waals surface area contributed by atoms with Gasteiger partial charge in [-0.3, -0.25) is 14.9 Å². The van der Waals surface area contributed by atoms with E-state index >= 15 is 0 Å². The average Bonchev–Trinajstić information content (AvgIpc) is 3.15. The Labute approximate surface area is 185 Å². The topological polar surface area (TPSA) is 84.0 Å². The number of anilines is 2. The summed E-state index contributed by atoms with van der Waals surface area (Å²) in [5.41, 5.74) is -0.910. The van der Waals surface area contributed by atoms with E-state index in [1.54, 1.807) is 24.3 Å². The summed E-state index contributed by atoms with van der Waals surface area (Å²) in [6.07, 6.45) is -4.65. The van der Waals surface area contributed by atoms with Crippen molar-refractivity contribution in [1.29, 1.82) is 0 Å². The number of benzene rings is 2. The molecule has 0 radical (unpaired) electrons. The predicted molar refractivity (Wildman–Crippen MR) is 113 cm³/mol. The number of aromatic nitrogens is 2. The minimum absolute atomic E-state index is 0.0350. The van der Waals surface area contributed by atoms with Crippen LogP contribution < -0.4 is 10.6 Å². The van der Waals surface area contributed by atoms with Gasteiger partial charge >= 0.3 is 6.18 Å². The zero-order chi connectivity index (χ0) is 21.7. The molecule has 2 aromatic carbocycles. The van der Waals surface area contributed by atoms with Crippen molar-refractivity contribution >= 4 is 61.7 Å². The van der Waals surface area contributed by atoms with Crippen molar-refractivity contribution in [2.75, 3.05) is 16.4 Å². The van der Waals surface area contributed by atoms with Gasteiger partial charge in [0, 0.05) is 10.2 Å². The second kappa shape index (κ2) is 9.58. The van der Waals surface area contributed by atoms with Crippen molar-refractivity contribution in [1.82, 2.24) is 10.2 Å². The highest BCUT2D eigenvalue weighted by Gasteiger charge is 2.35. The molecule has 30 heavy (non-hydrogen) atoms. The molecule has 0 saturated carbocycles. The van der Waals surface area contributed by atoms with Crippen LogP contribution in [0.5, 0.6) is 0 Å². The molecular weight excluding hydrogens is 505 g/mol. The summed E-state index contributed by atoms with van der Waals surface area (Å²) >= 11 is 5.36. The number of carbonyl (C=O) groups is 2. The van der Waals surface area contributed by atoms with Crippen LogP contribution in [0, 0.1) is 0 Å². The number of carbonyl (C=O) groups excluding carboxylic acids is 2. The molecular formula is C18H12BrF3N4O2S2. The summed E-state index contributed by atoms with van der Waals surface area (Å²) in [4.78, 5) is 24.2. The maximum atomic E-state index is 13.1. The van der Waals surface area contributed by atoms with Gasteiger partial charge in [0.2, 0.25) is 11.0 Å². The maximum absolute atomic E-state index is 13.1. The van der Waals surface area contributed by atoms with Crippen LogP contribution in [0.4, 0.5) is 24.0 Å². The van der Waals surface area contributed by atoms with Gasteiger partial charge in [-0.05, 0) is 36.4 Å². The van der Waals surface area contributed by atoms with E-state index in [9.17, 15) is 22.8 Å². The van der Waals surface area contributed by atoms with E-state index in [0.29, 0.717) is 10.0 Å². The van der Waals surface area contributed by atoms with Crippen LogP contribution in [0.2, 0.25) is 0 Å². The molecule has 0 atom stereocenters. The molecule has 2 amide bonds. The molecule has 0 unspecified atom stereocenters. The third-order valence-electron chi connectivity index (χ3n) is 3.56. The first-order chi connectivity index (χ1) is 14.2. The largest absolute Gasteiger partial charge is 0.417 e.